The van der Waals surface area contributed by atoms with Gasteiger partial charge in [-0.15, -0.1) is 4.33 Å². The van der Waals surface area contributed by atoms with Gasteiger partial charge in [0.2, 0.25) is 5.88 Å². The van der Waals surface area contributed by atoms with Crippen molar-refractivity contribution in [2.24, 2.45) is 5.92 Å². The van der Waals surface area contributed by atoms with Crippen LogP contribution in [0.15, 0.2) is 30.7 Å². The van der Waals surface area contributed by atoms with Gasteiger partial charge in [0, 0.05) is 45.5 Å². The van der Waals surface area contributed by atoms with Crippen molar-refractivity contribution >= 4 is 23.9 Å². The van der Waals surface area contributed by atoms with Gasteiger partial charge in [-0.05, 0) is 30.9 Å². The number of alkyl halides is 3. The van der Waals surface area contributed by atoms with Crippen LogP contribution in [-0.4, -0.2) is 72.2 Å². The lowest BCUT2D eigenvalue weighted by molar-refractivity contribution is -0.163. The van der Waals surface area contributed by atoms with Crippen molar-refractivity contribution in [3.63, 3.8) is 0 Å². The lowest BCUT2D eigenvalue weighted by Gasteiger charge is -2.33. The van der Waals surface area contributed by atoms with Crippen LogP contribution in [0.4, 0.5) is 24.8 Å². The highest BCUT2D eigenvalue weighted by Gasteiger charge is 2.31. The van der Waals surface area contributed by atoms with Crippen LogP contribution < -0.4 is 14.5 Å². The van der Waals surface area contributed by atoms with Crippen LogP contribution in [0.3, 0.4) is 0 Å². The summed E-state index contributed by atoms with van der Waals surface area (Å²) < 4.78 is 51.0. The minimum Gasteiger partial charge on any atom is -0.476 e. The highest BCUT2D eigenvalue weighted by Crippen LogP contribution is 2.30. The maximum atomic E-state index is 12.7. The number of hydrogen-bond acceptors (Lipinski definition) is 10. The van der Waals surface area contributed by atoms with Crippen molar-refractivity contribution in [3.05, 3.63) is 36.3 Å². The van der Waals surface area contributed by atoms with Crippen molar-refractivity contribution in [1.82, 2.24) is 19.3 Å². The molecule has 0 unspecified atom stereocenters. The zero-order valence-electron chi connectivity index (χ0n) is 18.8. The van der Waals surface area contributed by atoms with E-state index in [4.69, 9.17) is 9.07 Å². The third kappa shape index (κ3) is 6.62. The fourth-order valence-electron chi connectivity index (χ4n) is 3.89. The normalized spacial score (nSPS) is 18.4. The number of hydrogen-bond donors (Lipinski definition) is 0. The van der Waals surface area contributed by atoms with Gasteiger partial charge in [0.1, 0.15) is 23.9 Å². The lowest BCUT2D eigenvalue weighted by Crippen LogP contribution is -2.43. The van der Waals surface area contributed by atoms with Gasteiger partial charge < -0.3 is 14.5 Å². The Balaban J connectivity index is 1.19. The Labute approximate surface area is 200 Å². The molecule has 0 amide bonds. The fraction of sp³-hybridized carbons (Fsp3) is 0.571. The molecule has 186 valence electrons. The van der Waals surface area contributed by atoms with Gasteiger partial charge in [-0.3, -0.25) is 0 Å². The maximum Gasteiger partial charge on any atom is 0.417 e. The largest absolute Gasteiger partial charge is 0.476 e. The van der Waals surface area contributed by atoms with Crippen LogP contribution in [0.1, 0.15) is 18.4 Å². The molecule has 2 aliphatic rings. The third-order valence-electron chi connectivity index (χ3n) is 5.86. The molecule has 2 aromatic heterocycles. The van der Waals surface area contributed by atoms with E-state index in [9.17, 15) is 13.2 Å². The lowest BCUT2D eigenvalue weighted by atomic mass is 9.98. The zero-order chi connectivity index (χ0) is 24.0. The fourth-order valence-corrected chi connectivity index (χ4v) is 4.34. The van der Waals surface area contributed by atoms with Crippen molar-refractivity contribution < 1.29 is 27.1 Å². The number of piperazine rings is 1. The molecule has 34 heavy (non-hydrogen) atoms. The molecule has 0 bridgehead atoms. The number of ether oxygens (including phenoxy) is 1. The molecule has 2 saturated heterocycles. The van der Waals surface area contributed by atoms with Crippen LogP contribution in [-0.2, 0) is 15.4 Å². The second kappa shape index (κ2) is 11.4. The molecular formula is C21H27F3N6O3S. The van der Waals surface area contributed by atoms with Gasteiger partial charge in [0.25, 0.3) is 0 Å². The third-order valence-corrected chi connectivity index (χ3v) is 6.63. The van der Waals surface area contributed by atoms with Gasteiger partial charge in [-0.25, -0.2) is 24.1 Å². The summed E-state index contributed by atoms with van der Waals surface area (Å²) in [6.07, 6.45) is 1.62. The Bertz CT molecular complexity index is 890. The first kappa shape index (κ1) is 24.8. The van der Waals surface area contributed by atoms with Crippen molar-refractivity contribution in [3.8, 4) is 5.88 Å². The standard InChI is InChI=1S/C21H27F3N6O3S/c1-31-33-34-30-10-8-29(9-11-30)19-13-27-20(14-26-19)32-15-16-4-6-28(7-5-16)18-3-2-17(12-25-18)21(22,23)24/h2-3,12-14,16H,4-11,15H2,1H3. The molecule has 0 radical (unpaired) electrons. The predicted octanol–water partition coefficient (Wildman–Crippen LogP) is 3.45. The molecule has 0 atom stereocenters. The van der Waals surface area contributed by atoms with Crippen LogP contribution in [0.25, 0.3) is 0 Å². The molecule has 4 rings (SSSR count). The van der Waals surface area contributed by atoms with Gasteiger partial charge in [-0.2, -0.15) is 13.2 Å². The number of piperidine rings is 1. The molecule has 0 aliphatic carbocycles. The minimum absolute atomic E-state index is 0.340. The van der Waals surface area contributed by atoms with E-state index >= 15 is 0 Å². The van der Waals surface area contributed by atoms with E-state index in [2.05, 4.69) is 29.0 Å². The number of rotatable bonds is 8. The topological polar surface area (TPSA) is 76.1 Å². The van der Waals surface area contributed by atoms with Crippen molar-refractivity contribution in [2.45, 2.75) is 19.0 Å². The highest BCUT2D eigenvalue weighted by atomic mass is 32.2. The first-order valence-corrected chi connectivity index (χ1v) is 11.7. The molecule has 4 heterocycles. The zero-order valence-corrected chi connectivity index (χ0v) is 19.6. The summed E-state index contributed by atoms with van der Waals surface area (Å²) in [7, 11) is 1.48. The molecule has 0 N–H and O–H groups in total. The van der Waals surface area contributed by atoms with Crippen molar-refractivity contribution in [1.29, 1.82) is 0 Å². The first-order valence-electron chi connectivity index (χ1n) is 11.0. The van der Waals surface area contributed by atoms with Gasteiger partial charge >= 0.3 is 6.18 Å². The summed E-state index contributed by atoms with van der Waals surface area (Å²) in [5.41, 5.74) is -0.732. The molecule has 2 fully saturated rings. The van der Waals surface area contributed by atoms with Crippen LogP contribution in [0, 0.1) is 5.92 Å². The number of pyridine rings is 1. The Morgan fingerprint density at radius 2 is 1.62 bits per heavy atom. The van der Waals surface area contributed by atoms with Crippen molar-refractivity contribution in [2.75, 3.05) is 62.8 Å². The van der Waals surface area contributed by atoms with E-state index in [0.29, 0.717) is 24.2 Å². The molecule has 0 spiro atoms. The van der Waals surface area contributed by atoms with Gasteiger partial charge in [0.05, 0.1) is 31.7 Å². The summed E-state index contributed by atoms with van der Waals surface area (Å²) in [4.78, 5) is 21.6. The van der Waals surface area contributed by atoms with E-state index in [1.807, 2.05) is 4.90 Å². The molecule has 9 nitrogen and oxygen atoms in total. The molecular weight excluding hydrogens is 473 g/mol. The van der Waals surface area contributed by atoms with Crippen LogP contribution in [0.2, 0.25) is 0 Å². The van der Waals surface area contributed by atoms with Crippen LogP contribution in [0.5, 0.6) is 5.88 Å². The Hall–Kier alpha value is -2.35. The summed E-state index contributed by atoms with van der Waals surface area (Å²) in [5.74, 6) is 2.20. The maximum absolute atomic E-state index is 12.7. The average Bonchev–Trinajstić information content (AvgIpc) is 2.87. The number of anilines is 2. The summed E-state index contributed by atoms with van der Waals surface area (Å²) in [5, 5.41) is 0. The number of halogens is 3. The summed E-state index contributed by atoms with van der Waals surface area (Å²) in [6, 6.07) is 2.51. The second-order valence-electron chi connectivity index (χ2n) is 8.08. The van der Waals surface area contributed by atoms with E-state index in [0.717, 1.165) is 70.2 Å². The summed E-state index contributed by atoms with van der Waals surface area (Å²) in [6.45, 7) is 5.21. The quantitative estimate of drug-likeness (QED) is 0.233. The SMILES string of the molecule is COOSN1CCN(c2cnc(OCC3CCN(c4ccc(C(F)(F)F)cn4)CC3)cn2)CC1. The van der Waals surface area contributed by atoms with E-state index in [1.54, 1.807) is 12.4 Å². The Morgan fingerprint density at radius 3 is 2.21 bits per heavy atom. The van der Waals surface area contributed by atoms with Gasteiger partial charge in [-0.1, -0.05) is 0 Å². The van der Waals surface area contributed by atoms with E-state index in [-0.39, 0.29) is 0 Å². The van der Waals surface area contributed by atoms with E-state index in [1.165, 1.54) is 25.4 Å². The number of aromatic nitrogens is 3. The average molecular weight is 501 g/mol. The Kier molecular flexibility index (Phi) is 8.29. The van der Waals surface area contributed by atoms with Crippen LogP contribution >= 0.6 is 12.2 Å². The molecule has 0 saturated carbocycles. The molecule has 2 aliphatic heterocycles. The summed E-state index contributed by atoms with van der Waals surface area (Å²) >= 11 is 1.20. The minimum atomic E-state index is -4.37. The Morgan fingerprint density at radius 1 is 0.912 bits per heavy atom. The second-order valence-corrected chi connectivity index (χ2v) is 8.88. The molecule has 13 heteroatoms. The van der Waals surface area contributed by atoms with Gasteiger partial charge in [0.15, 0.2) is 0 Å². The van der Waals surface area contributed by atoms with E-state index < -0.39 is 11.7 Å². The molecule has 2 aromatic rings. The smallest absolute Gasteiger partial charge is 0.417 e. The first-order chi connectivity index (χ1) is 16.4. The monoisotopic (exact) mass is 500 g/mol. The highest BCUT2D eigenvalue weighted by molar-refractivity contribution is 7.92. The molecule has 0 aromatic carbocycles. The predicted molar refractivity (Wildman–Crippen MR) is 121 cm³/mol. The number of nitrogens with zero attached hydrogens (tertiary/aromatic N) is 6.